The van der Waals surface area contributed by atoms with Crippen molar-refractivity contribution in [1.82, 2.24) is 0 Å². The molecule has 0 rings (SSSR count). The molecule has 5 unspecified atom stereocenters. The van der Waals surface area contributed by atoms with Crippen molar-refractivity contribution < 1.29 is 80.2 Å². The fourth-order valence-corrected chi connectivity index (χ4v) is 13.7. The van der Waals surface area contributed by atoms with Crippen molar-refractivity contribution in [3.05, 3.63) is 24.3 Å². The number of unbranched alkanes of at least 4 members (excludes halogenated alkanes) is 50. The molecule has 100 heavy (non-hydrogen) atoms. The summed E-state index contributed by atoms with van der Waals surface area (Å²) in [5, 5.41) is 10.6. The summed E-state index contributed by atoms with van der Waals surface area (Å²) in [6.45, 7) is 4.97. The molecule has 0 aliphatic rings. The van der Waals surface area contributed by atoms with Crippen LogP contribution >= 0.6 is 15.6 Å². The van der Waals surface area contributed by atoms with Gasteiger partial charge in [-0.25, -0.2) is 9.13 Å². The highest BCUT2D eigenvalue weighted by Gasteiger charge is 2.30. The maximum atomic E-state index is 13.1. The lowest BCUT2D eigenvalue weighted by molar-refractivity contribution is -0.161. The molecule has 0 bridgehead atoms. The SMILES string of the molecule is CCCCC/C=C\C/C=C\CCCCCCCC(=O)OCC(COP(=O)(O)OCC(O)COP(=O)(O)OCC(COC(=O)CCCCCCCCCCCCCCCCC)OC(=O)CCCCCCCCCCCCCCCCC)OC(=O)CCCCCCCCCCCCCCCCC. The molecule has 0 aromatic heterocycles. The van der Waals surface area contributed by atoms with Crippen LogP contribution in [-0.2, 0) is 65.4 Å². The second-order valence-electron chi connectivity index (χ2n) is 28.4. The lowest BCUT2D eigenvalue weighted by Crippen LogP contribution is -2.30. The molecular weight excluding hydrogens is 1310 g/mol. The third kappa shape index (κ3) is 73.8. The second-order valence-corrected chi connectivity index (χ2v) is 31.4. The Labute approximate surface area is 612 Å². The summed E-state index contributed by atoms with van der Waals surface area (Å²) in [7, 11) is -9.93. The van der Waals surface area contributed by atoms with Gasteiger partial charge in [-0.3, -0.25) is 37.3 Å². The van der Waals surface area contributed by atoms with E-state index in [1.807, 2.05) is 0 Å². The van der Waals surface area contributed by atoms with Gasteiger partial charge in [0.05, 0.1) is 26.4 Å². The Kier molecular flexibility index (Phi) is 73.0. The van der Waals surface area contributed by atoms with E-state index in [4.69, 9.17) is 37.0 Å². The van der Waals surface area contributed by atoms with E-state index < -0.39 is 97.5 Å². The third-order valence-corrected chi connectivity index (χ3v) is 20.4. The van der Waals surface area contributed by atoms with Gasteiger partial charge in [-0.1, -0.05) is 354 Å². The predicted molar refractivity (Wildman–Crippen MR) is 409 cm³/mol. The summed E-state index contributed by atoms with van der Waals surface area (Å²) in [4.78, 5) is 73.1. The second kappa shape index (κ2) is 74.8. The molecule has 5 atom stereocenters. The summed E-state index contributed by atoms with van der Waals surface area (Å²) in [5.41, 5.74) is 0. The molecule has 0 aromatic rings. The average molecular weight is 1460 g/mol. The van der Waals surface area contributed by atoms with Crippen LogP contribution in [0.1, 0.15) is 413 Å². The van der Waals surface area contributed by atoms with Gasteiger partial charge in [-0.15, -0.1) is 0 Å². The Balaban J connectivity index is 5.30. The van der Waals surface area contributed by atoms with Gasteiger partial charge in [-0.2, -0.15) is 0 Å². The Morgan fingerprint density at radius 2 is 0.490 bits per heavy atom. The molecule has 590 valence electrons. The van der Waals surface area contributed by atoms with E-state index in [0.717, 1.165) is 116 Å². The lowest BCUT2D eigenvalue weighted by atomic mass is 10.0. The van der Waals surface area contributed by atoms with E-state index in [9.17, 15) is 43.2 Å². The summed E-state index contributed by atoms with van der Waals surface area (Å²) in [6, 6.07) is 0. The van der Waals surface area contributed by atoms with Crippen molar-refractivity contribution in [1.29, 1.82) is 0 Å². The minimum Gasteiger partial charge on any atom is -0.462 e. The molecule has 0 radical (unpaired) electrons. The summed E-state index contributed by atoms with van der Waals surface area (Å²) in [6.07, 6.45) is 69.9. The maximum absolute atomic E-state index is 13.1. The van der Waals surface area contributed by atoms with E-state index in [2.05, 4.69) is 52.0 Å². The first-order valence-corrected chi connectivity index (χ1v) is 44.6. The molecule has 17 nitrogen and oxygen atoms in total. The van der Waals surface area contributed by atoms with Crippen LogP contribution < -0.4 is 0 Å². The first-order chi connectivity index (χ1) is 48.7. The van der Waals surface area contributed by atoms with Crippen molar-refractivity contribution in [3.8, 4) is 0 Å². The zero-order valence-corrected chi connectivity index (χ0v) is 66.5. The highest BCUT2D eigenvalue weighted by molar-refractivity contribution is 7.47. The molecule has 0 aliphatic heterocycles. The summed E-state index contributed by atoms with van der Waals surface area (Å²) >= 11 is 0. The Bertz CT molecular complexity index is 1990. The van der Waals surface area contributed by atoms with Crippen LogP contribution in [-0.4, -0.2) is 96.7 Å². The molecule has 0 aromatic carbocycles. The number of ether oxygens (including phenoxy) is 4. The van der Waals surface area contributed by atoms with Gasteiger partial charge >= 0.3 is 39.5 Å². The highest BCUT2D eigenvalue weighted by atomic mass is 31.2. The topological polar surface area (TPSA) is 237 Å². The number of allylic oxidation sites excluding steroid dienone is 4. The van der Waals surface area contributed by atoms with Crippen LogP contribution in [0.3, 0.4) is 0 Å². The van der Waals surface area contributed by atoms with Crippen LogP contribution in [0.5, 0.6) is 0 Å². The number of carbonyl (C=O) groups excluding carboxylic acids is 4. The van der Waals surface area contributed by atoms with Crippen molar-refractivity contribution in [3.63, 3.8) is 0 Å². The fraction of sp³-hybridized carbons (Fsp3) is 0.901. The number of phosphoric acid groups is 2. The molecule has 0 saturated heterocycles. The van der Waals surface area contributed by atoms with Gasteiger partial charge in [0.25, 0.3) is 0 Å². The number of aliphatic hydroxyl groups excluding tert-OH is 1. The van der Waals surface area contributed by atoms with Gasteiger partial charge in [0.2, 0.25) is 0 Å². The van der Waals surface area contributed by atoms with E-state index in [1.54, 1.807) is 0 Å². The first kappa shape index (κ1) is 97.5. The number of carbonyl (C=O) groups is 4. The zero-order valence-electron chi connectivity index (χ0n) is 64.7. The number of phosphoric ester groups is 2. The van der Waals surface area contributed by atoms with Gasteiger partial charge < -0.3 is 33.8 Å². The number of hydrogen-bond acceptors (Lipinski definition) is 15. The monoisotopic (exact) mass is 1460 g/mol. The molecule has 0 fully saturated rings. The molecule has 19 heteroatoms. The quantitative estimate of drug-likeness (QED) is 0.0169. The van der Waals surface area contributed by atoms with Gasteiger partial charge in [0, 0.05) is 25.7 Å². The summed E-state index contributed by atoms with van der Waals surface area (Å²) in [5.74, 6) is -2.13. The molecule has 3 N–H and O–H groups in total. The molecule has 0 spiro atoms. The first-order valence-electron chi connectivity index (χ1n) is 41.6. The lowest BCUT2D eigenvalue weighted by Gasteiger charge is -2.21. The van der Waals surface area contributed by atoms with E-state index >= 15 is 0 Å². The third-order valence-electron chi connectivity index (χ3n) is 18.4. The van der Waals surface area contributed by atoms with E-state index in [1.165, 1.54) is 218 Å². The van der Waals surface area contributed by atoms with Crippen molar-refractivity contribution in [2.45, 2.75) is 431 Å². The Hall–Kier alpha value is -2.46. The number of aliphatic hydroxyl groups is 1. The predicted octanol–water partition coefficient (Wildman–Crippen LogP) is 24.1. The van der Waals surface area contributed by atoms with Crippen LogP contribution in [0.2, 0.25) is 0 Å². The number of esters is 4. The number of hydrogen-bond donors (Lipinski definition) is 3. The smallest absolute Gasteiger partial charge is 0.462 e. The zero-order chi connectivity index (χ0) is 73.2. The molecule has 0 saturated carbocycles. The van der Waals surface area contributed by atoms with Crippen molar-refractivity contribution in [2.24, 2.45) is 0 Å². The average Bonchev–Trinajstić information content (AvgIpc) is 1.01. The Morgan fingerprint density at radius 3 is 0.760 bits per heavy atom. The molecular formula is C81H154O17P2. The van der Waals surface area contributed by atoms with Gasteiger partial charge in [0.15, 0.2) is 12.2 Å². The molecule has 0 amide bonds. The van der Waals surface area contributed by atoms with Crippen LogP contribution in [0.25, 0.3) is 0 Å². The van der Waals surface area contributed by atoms with Crippen molar-refractivity contribution in [2.75, 3.05) is 39.6 Å². The van der Waals surface area contributed by atoms with Gasteiger partial charge in [0.1, 0.15) is 19.3 Å². The fourth-order valence-electron chi connectivity index (χ4n) is 12.1. The van der Waals surface area contributed by atoms with Crippen LogP contribution in [0.15, 0.2) is 24.3 Å². The Morgan fingerprint density at radius 1 is 0.280 bits per heavy atom. The van der Waals surface area contributed by atoms with Gasteiger partial charge in [-0.05, 0) is 57.8 Å². The molecule has 0 aliphatic carbocycles. The minimum atomic E-state index is -4.97. The van der Waals surface area contributed by atoms with E-state index in [0.29, 0.717) is 25.7 Å². The molecule has 0 heterocycles. The van der Waals surface area contributed by atoms with Crippen LogP contribution in [0, 0.1) is 0 Å². The minimum absolute atomic E-state index is 0.102. The maximum Gasteiger partial charge on any atom is 0.472 e. The number of rotatable bonds is 80. The van der Waals surface area contributed by atoms with E-state index in [-0.39, 0.29) is 25.7 Å². The highest BCUT2D eigenvalue weighted by Crippen LogP contribution is 2.45. The normalized spacial score (nSPS) is 13.9. The standard InChI is InChI=1S/C81H154O17P2/c1-5-9-13-17-21-25-29-33-37-41-45-49-53-57-61-65-78(83)91-71-76(97-80(85)67-63-59-55-51-47-43-39-35-31-27-23-19-15-11-7-3)73-95-99(87,88)93-69-75(82)70-94-100(89,90)96-74-77(98-81(86)68-64-60-56-52-48-44-40-36-32-28-24-20-16-12-8-4)72-92-79(84)66-62-58-54-50-46-42-38-34-30-26-22-18-14-10-6-2/h21,25,33,37,75-77,82H,5-20,22-24,26-32,34-36,38-74H2,1-4H3,(H,87,88)(H,89,90)/b25-21-,37-33-. The summed E-state index contributed by atoms with van der Waals surface area (Å²) < 4.78 is 68.7. The van der Waals surface area contributed by atoms with Crippen LogP contribution in [0.4, 0.5) is 0 Å². The van der Waals surface area contributed by atoms with Crippen molar-refractivity contribution >= 4 is 39.5 Å². The largest absolute Gasteiger partial charge is 0.472 e.